The van der Waals surface area contributed by atoms with E-state index in [2.05, 4.69) is 20.2 Å². The van der Waals surface area contributed by atoms with Crippen LogP contribution in [-0.2, 0) is 11.3 Å². The number of methoxy groups -OCH3 is 1. The summed E-state index contributed by atoms with van der Waals surface area (Å²) in [5.74, 6) is 0.845. The van der Waals surface area contributed by atoms with E-state index in [1.54, 1.807) is 4.90 Å². The number of hydrogen-bond donors (Lipinski definition) is 1. The van der Waals surface area contributed by atoms with E-state index in [0.717, 1.165) is 57.1 Å². The third-order valence-electron chi connectivity index (χ3n) is 4.60. The standard InChI is InChI=1S/C16H25N5O2/c1-23-16(22)21-8-4-14(5-9-21)17-10-13-11-18-15(19-12-13)20-6-2-3-7-20/h11-12,14,17H,2-10H2,1H3. The van der Waals surface area contributed by atoms with Gasteiger partial charge < -0.3 is 19.9 Å². The fourth-order valence-corrected chi connectivity index (χ4v) is 3.18. The Morgan fingerprint density at radius 3 is 2.48 bits per heavy atom. The van der Waals surface area contributed by atoms with Crippen molar-refractivity contribution >= 4 is 12.0 Å². The van der Waals surface area contributed by atoms with Crippen LogP contribution in [0.15, 0.2) is 12.4 Å². The molecule has 7 nitrogen and oxygen atoms in total. The van der Waals surface area contributed by atoms with Crippen molar-refractivity contribution in [3.05, 3.63) is 18.0 Å². The van der Waals surface area contributed by atoms with Crippen LogP contribution in [0.1, 0.15) is 31.2 Å². The third kappa shape index (κ3) is 4.10. The van der Waals surface area contributed by atoms with Gasteiger partial charge in [0.1, 0.15) is 0 Å². The molecular weight excluding hydrogens is 294 g/mol. The van der Waals surface area contributed by atoms with Crippen molar-refractivity contribution in [3.63, 3.8) is 0 Å². The van der Waals surface area contributed by atoms with Crippen molar-refractivity contribution in [2.24, 2.45) is 0 Å². The second kappa shape index (κ2) is 7.59. The van der Waals surface area contributed by atoms with Crippen molar-refractivity contribution in [2.45, 2.75) is 38.3 Å². The van der Waals surface area contributed by atoms with Crippen LogP contribution >= 0.6 is 0 Å². The topological polar surface area (TPSA) is 70.6 Å². The lowest BCUT2D eigenvalue weighted by Gasteiger charge is -2.31. The zero-order chi connectivity index (χ0) is 16.1. The maximum atomic E-state index is 11.5. The molecule has 0 saturated carbocycles. The number of nitrogens with zero attached hydrogens (tertiary/aromatic N) is 4. The molecule has 0 spiro atoms. The number of rotatable bonds is 4. The Balaban J connectivity index is 1.43. The molecule has 1 aromatic rings. The number of aromatic nitrogens is 2. The highest BCUT2D eigenvalue weighted by Crippen LogP contribution is 2.15. The summed E-state index contributed by atoms with van der Waals surface area (Å²) in [6.07, 6.45) is 7.96. The molecule has 2 aliphatic heterocycles. The van der Waals surface area contributed by atoms with E-state index < -0.39 is 0 Å². The Morgan fingerprint density at radius 2 is 1.87 bits per heavy atom. The monoisotopic (exact) mass is 319 g/mol. The van der Waals surface area contributed by atoms with Crippen LogP contribution in [0, 0.1) is 0 Å². The molecule has 126 valence electrons. The number of carbonyl (C=O) groups excluding carboxylic acids is 1. The molecule has 2 fully saturated rings. The van der Waals surface area contributed by atoms with Crippen LogP contribution in [0.2, 0.25) is 0 Å². The minimum absolute atomic E-state index is 0.227. The number of anilines is 1. The van der Waals surface area contributed by atoms with Gasteiger partial charge in [0.15, 0.2) is 0 Å². The highest BCUT2D eigenvalue weighted by Gasteiger charge is 2.22. The Kier molecular flexibility index (Phi) is 5.27. The number of ether oxygens (including phenoxy) is 1. The van der Waals surface area contributed by atoms with E-state index in [1.165, 1.54) is 20.0 Å². The molecule has 0 aliphatic carbocycles. The molecule has 7 heteroatoms. The van der Waals surface area contributed by atoms with E-state index in [-0.39, 0.29) is 6.09 Å². The molecule has 1 N–H and O–H groups in total. The van der Waals surface area contributed by atoms with E-state index in [9.17, 15) is 4.79 Å². The van der Waals surface area contributed by atoms with E-state index in [4.69, 9.17) is 4.74 Å². The largest absolute Gasteiger partial charge is 0.453 e. The number of amides is 1. The molecule has 1 aromatic heterocycles. The summed E-state index contributed by atoms with van der Waals surface area (Å²) in [5.41, 5.74) is 1.10. The van der Waals surface area contributed by atoms with Gasteiger partial charge in [-0.05, 0) is 25.7 Å². The first-order valence-corrected chi connectivity index (χ1v) is 8.38. The lowest BCUT2D eigenvalue weighted by atomic mass is 10.1. The van der Waals surface area contributed by atoms with Crippen molar-refractivity contribution in [1.29, 1.82) is 0 Å². The highest BCUT2D eigenvalue weighted by molar-refractivity contribution is 5.67. The van der Waals surface area contributed by atoms with Crippen LogP contribution < -0.4 is 10.2 Å². The molecule has 1 amide bonds. The summed E-state index contributed by atoms with van der Waals surface area (Å²) in [5, 5.41) is 3.53. The first kappa shape index (κ1) is 16.0. The predicted molar refractivity (Wildman–Crippen MR) is 87.3 cm³/mol. The van der Waals surface area contributed by atoms with Crippen molar-refractivity contribution in [2.75, 3.05) is 38.2 Å². The molecule has 0 atom stereocenters. The summed E-state index contributed by atoms with van der Waals surface area (Å²) < 4.78 is 4.75. The molecule has 0 radical (unpaired) electrons. The summed E-state index contributed by atoms with van der Waals surface area (Å²) in [7, 11) is 1.43. The van der Waals surface area contributed by atoms with Crippen molar-refractivity contribution < 1.29 is 9.53 Å². The molecule has 2 saturated heterocycles. The number of piperidine rings is 1. The smallest absolute Gasteiger partial charge is 0.409 e. The van der Waals surface area contributed by atoms with Crippen molar-refractivity contribution in [1.82, 2.24) is 20.2 Å². The fourth-order valence-electron chi connectivity index (χ4n) is 3.18. The molecule has 2 aliphatic rings. The van der Waals surface area contributed by atoms with Crippen LogP contribution in [-0.4, -0.2) is 60.3 Å². The van der Waals surface area contributed by atoms with Gasteiger partial charge in [0.05, 0.1) is 7.11 Å². The lowest BCUT2D eigenvalue weighted by Crippen LogP contribution is -2.44. The van der Waals surface area contributed by atoms with E-state index in [1.807, 2.05) is 12.4 Å². The zero-order valence-corrected chi connectivity index (χ0v) is 13.7. The lowest BCUT2D eigenvalue weighted by molar-refractivity contribution is 0.109. The fraction of sp³-hybridized carbons (Fsp3) is 0.688. The quantitative estimate of drug-likeness (QED) is 0.904. The summed E-state index contributed by atoms with van der Waals surface area (Å²) in [4.78, 5) is 24.4. The molecule has 0 unspecified atom stereocenters. The van der Waals surface area contributed by atoms with Crippen LogP contribution in [0.4, 0.5) is 10.7 Å². The van der Waals surface area contributed by atoms with Gasteiger partial charge in [-0.3, -0.25) is 0 Å². The Hall–Kier alpha value is -1.89. The second-order valence-electron chi connectivity index (χ2n) is 6.20. The third-order valence-corrected chi connectivity index (χ3v) is 4.60. The van der Waals surface area contributed by atoms with E-state index >= 15 is 0 Å². The molecule has 23 heavy (non-hydrogen) atoms. The average molecular weight is 319 g/mol. The van der Waals surface area contributed by atoms with Gasteiger partial charge in [-0.15, -0.1) is 0 Å². The van der Waals surface area contributed by atoms with Gasteiger partial charge in [-0.2, -0.15) is 0 Å². The van der Waals surface area contributed by atoms with Gasteiger partial charge in [0.25, 0.3) is 0 Å². The average Bonchev–Trinajstić information content (AvgIpc) is 3.15. The number of carbonyl (C=O) groups is 1. The first-order chi connectivity index (χ1) is 11.3. The minimum atomic E-state index is -0.227. The second-order valence-corrected chi connectivity index (χ2v) is 6.20. The molecular formula is C16H25N5O2. The molecule has 0 bridgehead atoms. The molecule has 3 heterocycles. The van der Waals surface area contributed by atoms with Gasteiger partial charge in [-0.25, -0.2) is 14.8 Å². The van der Waals surface area contributed by atoms with Crippen LogP contribution in [0.3, 0.4) is 0 Å². The van der Waals surface area contributed by atoms with Gasteiger partial charge >= 0.3 is 6.09 Å². The maximum absolute atomic E-state index is 11.5. The Bertz CT molecular complexity index is 508. The van der Waals surface area contributed by atoms with Crippen LogP contribution in [0.5, 0.6) is 0 Å². The van der Waals surface area contributed by atoms with Gasteiger partial charge in [-0.1, -0.05) is 0 Å². The molecule has 0 aromatic carbocycles. The Morgan fingerprint density at radius 1 is 1.22 bits per heavy atom. The number of hydrogen-bond acceptors (Lipinski definition) is 6. The minimum Gasteiger partial charge on any atom is -0.453 e. The normalized spacial score (nSPS) is 19.2. The predicted octanol–water partition coefficient (Wildman–Crippen LogP) is 1.40. The van der Waals surface area contributed by atoms with Crippen LogP contribution in [0.25, 0.3) is 0 Å². The summed E-state index contributed by atoms with van der Waals surface area (Å²) in [6, 6.07) is 0.425. The van der Waals surface area contributed by atoms with E-state index in [0.29, 0.717) is 6.04 Å². The molecule has 3 rings (SSSR count). The van der Waals surface area contributed by atoms with Crippen molar-refractivity contribution in [3.8, 4) is 0 Å². The summed E-state index contributed by atoms with van der Waals surface area (Å²) in [6.45, 7) is 4.39. The van der Waals surface area contributed by atoms with Gasteiger partial charge in [0.2, 0.25) is 5.95 Å². The first-order valence-electron chi connectivity index (χ1n) is 8.38. The number of nitrogens with one attached hydrogen (secondary N) is 1. The highest BCUT2D eigenvalue weighted by atomic mass is 16.5. The maximum Gasteiger partial charge on any atom is 0.409 e. The Labute approximate surface area is 137 Å². The SMILES string of the molecule is COC(=O)N1CCC(NCc2cnc(N3CCCC3)nc2)CC1. The summed E-state index contributed by atoms with van der Waals surface area (Å²) >= 11 is 0. The van der Waals surface area contributed by atoms with Gasteiger partial charge in [0, 0.05) is 56.7 Å². The zero-order valence-electron chi connectivity index (χ0n) is 13.7. The number of likely N-dealkylation sites (tertiary alicyclic amines) is 1.